The molecule has 7 nitrogen and oxygen atoms in total. The summed E-state index contributed by atoms with van der Waals surface area (Å²) in [4.78, 5) is 24.2. The van der Waals surface area contributed by atoms with Gasteiger partial charge < -0.3 is 10.1 Å². The van der Waals surface area contributed by atoms with Gasteiger partial charge in [0.15, 0.2) is 17.7 Å². The van der Waals surface area contributed by atoms with Crippen molar-refractivity contribution in [3.8, 4) is 0 Å². The Morgan fingerprint density at radius 3 is 2.19 bits per heavy atom. The third-order valence-corrected chi connectivity index (χ3v) is 6.49. The second-order valence-corrected chi connectivity index (χ2v) is 9.58. The summed E-state index contributed by atoms with van der Waals surface area (Å²) in [7, 11) is -4.27. The van der Waals surface area contributed by atoms with E-state index < -0.39 is 56.3 Å². The number of rotatable bonds is 7. The zero-order valence-corrected chi connectivity index (χ0v) is 20.1. The fourth-order valence-electron chi connectivity index (χ4n) is 2.85. The number of benzene rings is 3. The van der Waals surface area contributed by atoms with Crippen LogP contribution in [0.1, 0.15) is 22.8 Å². The van der Waals surface area contributed by atoms with E-state index in [1.165, 1.54) is 31.2 Å². The smallest absolute Gasteiger partial charge is 0.416 e. The summed E-state index contributed by atoms with van der Waals surface area (Å²) in [5.74, 6) is -4.52. The number of hydrogen-bond acceptors (Lipinski definition) is 5. The fourth-order valence-corrected chi connectivity index (χ4v) is 4.08. The number of amides is 1. The van der Waals surface area contributed by atoms with Gasteiger partial charge in [0.2, 0.25) is 0 Å². The third-order valence-electron chi connectivity index (χ3n) is 4.78. The van der Waals surface area contributed by atoms with E-state index in [1.54, 1.807) is 0 Å². The Bertz CT molecular complexity index is 1450. The van der Waals surface area contributed by atoms with Crippen LogP contribution in [0.4, 0.5) is 33.3 Å². The molecule has 0 saturated heterocycles. The van der Waals surface area contributed by atoms with Crippen LogP contribution in [0.25, 0.3) is 0 Å². The lowest BCUT2D eigenvalue weighted by Crippen LogP contribution is -2.30. The summed E-state index contributed by atoms with van der Waals surface area (Å²) >= 11 is 5.84. The molecule has 0 aliphatic rings. The standard InChI is InChI=1S/C23H16ClF5N2O5S/c1-12(21(32)30-20-10-14(23(27,28)29)4-8-17(20)24)36-22(33)13-2-5-15(6-3-13)31-37(34,35)16-7-9-18(25)19(26)11-16/h2-12,31H,1H3,(H,30,32)/t12-/m0/s1. The second kappa shape index (κ2) is 10.7. The Labute approximate surface area is 212 Å². The molecule has 0 saturated carbocycles. The summed E-state index contributed by atoms with van der Waals surface area (Å²) in [6.07, 6.45) is -6.11. The SMILES string of the molecule is C[C@H](OC(=O)c1ccc(NS(=O)(=O)c2ccc(F)c(F)c2)cc1)C(=O)Nc1cc(C(F)(F)F)ccc1Cl. The van der Waals surface area contributed by atoms with Gasteiger partial charge in [-0.3, -0.25) is 9.52 Å². The van der Waals surface area contributed by atoms with Crippen molar-refractivity contribution in [3.63, 3.8) is 0 Å². The minimum Gasteiger partial charge on any atom is -0.449 e. The number of halogens is 6. The maximum absolute atomic E-state index is 13.4. The van der Waals surface area contributed by atoms with Gasteiger partial charge >= 0.3 is 12.1 Å². The highest BCUT2D eigenvalue weighted by molar-refractivity contribution is 7.92. The summed E-state index contributed by atoms with van der Waals surface area (Å²) in [5, 5.41) is 2.00. The Balaban J connectivity index is 1.64. The van der Waals surface area contributed by atoms with Crippen LogP contribution in [0.3, 0.4) is 0 Å². The number of carbonyl (C=O) groups excluding carboxylic acids is 2. The molecule has 3 aromatic rings. The largest absolute Gasteiger partial charge is 0.449 e. The van der Waals surface area contributed by atoms with Gasteiger partial charge in [-0.25, -0.2) is 22.0 Å². The topological polar surface area (TPSA) is 102 Å². The van der Waals surface area contributed by atoms with Crippen LogP contribution in [0, 0.1) is 11.6 Å². The monoisotopic (exact) mass is 562 g/mol. The van der Waals surface area contributed by atoms with Crippen molar-refractivity contribution in [1.29, 1.82) is 0 Å². The van der Waals surface area contributed by atoms with Crippen LogP contribution in [0.15, 0.2) is 65.6 Å². The van der Waals surface area contributed by atoms with Crippen molar-refractivity contribution in [3.05, 3.63) is 88.4 Å². The van der Waals surface area contributed by atoms with E-state index in [9.17, 15) is 40.0 Å². The molecule has 196 valence electrons. The third kappa shape index (κ3) is 6.95. The second-order valence-electron chi connectivity index (χ2n) is 7.49. The van der Waals surface area contributed by atoms with Crippen LogP contribution < -0.4 is 10.0 Å². The van der Waals surface area contributed by atoms with E-state index in [4.69, 9.17) is 16.3 Å². The zero-order chi connectivity index (χ0) is 27.5. The van der Waals surface area contributed by atoms with Gasteiger partial charge in [0, 0.05) is 5.69 Å². The molecular formula is C23H16ClF5N2O5S. The number of sulfonamides is 1. The molecule has 1 atom stereocenters. The molecule has 0 aliphatic carbocycles. The maximum atomic E-state index is 13.4. The summed E-state index contributed by atoms with van der Waals surface area (Å²) in [6.45, 7) is 1.18. The molecule has 0 aromatic heterocycles. The number of ether oxygens (including phenoxy) is 1. The molecule has 0 bridgehead atoms. The molecule has 37 heavy (non-hydrogen) atoms. The van der Waals surface area contributed by atoms with E-state index in [-0.39, 0.29) is 22.0 Å². The molecule has 0 spiro atoms. The van der Waals surface area contributed by atoms with Gasteiger partial charge in [-0.1, -0.05) is 11.6 Å². The highest BCUT2D eigenvalue weighted by Crippen LogP contribution is 2.34. The van der Waals surface area contributed by atoms with Crippen LogP contribution in [0.2, 0.25) is 5.02 Å². The van der Waals surface area contributed by atoms with Crippen molar-refractivity contribution >= 4 is 44.9 Å². The normalized spacial score (nSPS) is 12.5. The lowest BCUT2D eigenvalue weighted by atomic mass is 10.2. The molecule has 0 radical (unpaired) electrons. The molecule has 0 fully saturated rings. The Hall–Kier alpha value is -3.71. The summed E-state index contributed by atoms with van der Waals surface area (Å²) in [5.41, 5.74) is -1.49. The highest BCUT2D eigenvalue weighted by Gasteiger charge is 2.31. The van der Waals surface area contributed by atoms with E-state index in [1.807, 2.05) is 0 Å². The van der Waals surface area contributed by atoms with E-state index in [0.29, 0.717) is 18.2 Å². The molecular weight excluding hydrogens is 547 g/mol. The molecule has 3 rings (SSSR count). The molecule has 0 heterocycles. The van der Waals surface area contributed by atoms with Crippen molar-refractivity contribution in [2.24, 2.45) is 0 Å². The van der Waals surface area contributed by atoms with Crippen molar-refractivity contribution in [1.82, 2.24) is 0 Å². The average molecular weight is 563 g/mol. The van der Waals surface area contributed by atoms with Gasteiger partial charge in [-0.05, 0) is 67.6 Å². The molecule has 1 amide bonds. The number of alkyl halides is 3. The Morgan fingerprint density at radius 1 is 0.946 bits per heavy atom. The lowest BCUT2D eigenvalue weighted by Gasteiger charge is -2.16. The minimum absolute atomic E-state index is 0.0220. The first-order chi connectivity index (χ1) is 17.2. The van der Waals surface area contributed by atoms with Gasteiger partial charge in [-0.15, -0.1) is 0 Å². The van der Waals surface area contributed by atoms with E-state index >= 15 is 0 Å². The molecule has 3 aromatic carbocycles. The van der Waals surface area contributed by atoms with E-state index in [0.717, 1.165) is 18.2 Å². The Kier molecular flexibility index (Phi) is 8.08. The molecule has 14 heteroatoms. The number of nitrogens with one attached hydrogen (secondary N) is 2. The molecule has 0 unspecified atom stereocenters. The first-order valence-corrected chi connectivity index (χ1v) is 12.0. The van der Waals surface area contributed by atoms with Crippen molar-refractivity contribution in [2.75, 3.05) is 10.0 Å². The molecule has 0 aliphatic heterocycles. The van der Waals surface area contributed by atoms with Gasteiger partial charge in [0.1, 0.15) is 0 Å². The minimum atomic E-state index is -4.67. The fraction of sp³-hybridized carbons (Fsp3) is 0.130. The van der Waals surface area contributed by atoms with E-state index in [2.05, 4.69) is 10.0 Å². The number of anilines is 2. The number of hydrogen-bond donors (Lipinski definition) is 2. The molecule has 2 N–H and O–H groups in total. The van der Waals surface area contributed by atoms with Crippen molar-refractivity contribution in [2.45, 2.75) is 24.1 Å². The van der Waals surface area contributed by atoms with Crippen LogP contribution in [-0.4, -0.2) is 26.4 Å². The lowest BCUT2D eigenvalue weighted by molar-refractivity contribution is -0.137. The predicted octanol–water partition coefficient (Wildman–Crippen LogP) is 5.62. The van der Waals surface area contributed by atoms with Gasteiger partial charge in [0.05, 0.1) is 26.7 Å². The highest BCUT2D eigenvalue weighted by atomic mass is 35.5. The first kappa shape index (κ1) is 27.9. The van der Waals surface area contributed by atoms with Crippen LogP contribution in [0.5, 0.6) is 0 Å². The quantitative estimate of drug-likeness (QED) is 0.287. The Morgan fingerprint density at radius 2 is 1.59 bits per heavy atom. The van der Waals surface area contributed by atoms with Crippen LogP contribution >= 0.6 is 11.6 Å². The number of carbonyl (C=O) groups is 2. The maximum Gasteiger partial charge on any atom is 0.416 e. The average Bonchev–Trinajstić information content (AvgIpc) is 2.81. The summed E-state index contributed by atoms with van der Waals surface area (Å²) in [6, 6.07) is 9.05. The zero-order valence-electron chi connectivity index (χ0n) is 18.6. The van der Waals surface area contributed by atoms with Gasteiger partial charge in [0.25, 0.3) is 15.9 Å². The van der Waals surface area contributed by atoms with Crippen molar-refractivity contribution < 1.29 is 44.7 Å². The van der Waals surface area contributed by atoms with Gasteiger partial charge in [-0.2, -0.15) is 13.2 Å². The number of esters is 1. The summed E-state index contributed by atoms with van der Waals surface area (Å²) < 4.78 is 96.9. The first-order valence-electron chi connectivity index (χ1n) is 10.1. The van der Waals surface area contributed by atoms with Crippen LogP contribution in [-0.2, 0) is 25.7 Å². The predicted molar refractivity (Wildman–Crippen MR) is 124 cm³/mol.